The first-order chi connectivity index (χ1) is 12.7. The number of nitrogens with zero attached hydrogens (tertiary/aromatic N) is 1. The summed E-state index contributed by atoms with van der Waals surface area (Å²) in [6, 6.07) is 8.29. The fourth-order valence-electron chi connectivity index (χ4n) is 2.74. The van der Waals surface area contributed by atoms with E-state index in [-0.39, 0.29) is 17.3 Å². The first kappa shape index (κ1) is 21.6. The van der Waals surface area contributed by atoms with Crippen molar-refractivity contribution >= 4 is 46.3 Å². The average Bonchev–Trinajstić information content (AvgIpc) is 2.88. The molecular weight excluding hydrogens is 378 g/mol. The number of amides is 1. The molecule has 1 fully saturated rings. The van der Waals surface area contributed by atoms with Crippen LogP contribution in [-0.2, 0) is 19.7 Å². The Labute approximate surface area is 171 Å². The van der Waals surface area contributed by atoms with Crippen molar-refractivity contribution < 1.29 is 14.3 Å². The number of methoxy groups -OCH3 is 1. The van der Waals surface area contributed by atoms with E-state index in [2.05, 4.69) is 37.6 Å². The zero-order valence-corrected chi connectivity index (χ0v) is 18.0. The lowest BCUT2D eigenvalue weighted by atomic mass is 9.87. The van der Waals surface area contributed by atoms with Crippen LogP contribution >= 0.6 is 24.0 Å². The third-order valence-electron chi connectivity index (χ3n) is 4.44. The van der Waals surface area contributed by atoms with Crippen molar-refractivity contribution in [2.75, 3.05) is 13.7 Å². The average molecular weight is 406 g/mol. The monoisotopic (exact) mass is 405 g/mol. The largest absolute Gasteiger partial charge is 0.469 e. The van der Waals surface area contributed by atoms with E-state index >= 15 is 0 Å². The van der Waals surface area contributed by atoms with Gasteiger partial charge in [0.05, 0.1) is 12.0 Å². The first-order valence-corrected chi connectivity index (χ1v) is 10.4. The van der Waals surface area contributed by atoms with Gasteiger partial charge in [-0.05, 0) is 35.5 Å². The highest BCUT2D eigenvalue weighted by molar-refractivity contribution is 8.26. The highest BCUT2D eigenvalue weighted by atomic mass is 32.2. The van der Waals surface area contributed by atoms with E-state index in [1.165, 1.54) is 24.4 Å². The van der Waals surface area contributed by atoms with E-state index in [4.69, 9.17) is 12.2 Å². The standard InChI is InChI=1S/C21H27NO3S2/c1-21(2,3)16-11-9-15(10-12-16)14-17-19(24)22(20(26)27-17)13-7-5-6-8-18(23)25-4/h9-12,14H,5-8,13H2,1-4H3/b17-14+. The van der Waals surface area contributed by atoms with Gasteiger partial charge in [-0.25, -0.2) is 0 Å². The minimum absolute atomic E-state index is 0.0298. The van der Waals surface area contributed by atoms with Crippen LogP contribution in [0, 0.1) is 0 Å². The third-order valence-corrected chi connectivity index (χ3v) is 5.82. The fourth-order valence-corrected chi connectivity index (χ4v) is 4.05. The van der Waals surface area contributed by atoms with Crippen LogP contribution in [0.5, 0.6) is 0 Å². The van der Waals surface area contributed by atoms with E-state index in [1.807, 2.05) is 18.2 Å². The Morgan fingerprint density at radius 3 is 2.44 bits per heavy atom. The van der Waals surface area contributed by atoms with Crippen molar-refractivity contribution in [1.29, 1.82) is 0 Å². The smallest absolute Gasteiger partial charge is 0.305 e. The second kappa shape index (κ2) is 9.51. The van der Waals surface area contributed by atoms with E-state index in [0.29, 0.717) is 22.2 Å². The fraction of sp³-hybridized carbons (Fsp3) is 0.476. The van der Waals surface area contributed by atoms with Gasteiger partial charge in [0.25, 0.3) is 5.91 Å². The highest BCUT2D eigenvalue weighted by Gasteiger charge is 2.31. The summed E-state index contributed by atoms with van der Waals surface area (Å²) < 4.78 is 5.23. The molecule has 4 nitrogen and oxygen atoms in total. The maximum Gasteiger partial charge on any atom is 0.305 e. The maximum atomic E-state index is 12.6. The van der Waals surface area contributed by atoms with E-state index in [0.717, 1.165) is 24.8 Å². The topological polar surface area (TPSA) is 46.6 Å². The predicted octanol–water partition coefficient (Wildman–Crippen LogP) is 4.92. The van der Waals surface area contributed by atoms with Crippen LogP contribution in [0.15, 0.2) is 29.2 Å². The summed E-state index contributed by atoms with van der Waals surface area (Å²) in [5.74, 6) is -0.223. The molecule has 1 saturated heterocycles. The van der Waals surface area contributed by atoms with Crippen LogP contribution in [0.1, 0.15) is 57.6 Å². The van der Waals surface area contributed by atoms with Crippen LogP contribution in [0.25, 0.3) is 6.08 Å². The minimum atomic E-state index is -0.193. The lowest BCUT2D eigenvalue weighted by Crippen LogP contribution is -2.29. The Hall–Kier alpha value is -1.66. The number of esters is 1. The van der Waals surface area contributed by atoms with Gasteiger partial charge in [-0.1, -0.05) is 75.4 Å². The zero-order valence-electron chi connectivity index (χ0n) is 16.4. The van der Waals surface area contributed by atoms with Crippen LogP contribution < -0.4 is 0 Å². The quantitative estimate of drug-likeness (QED) is 0.279. The van der Waals surface area contributed by atoms with Crippen molar-refractivity contribution in [3.05, 3.63) is 40.3 Å². The molecule has 0 radical (unpaired) electrons. The van der Waals surface area contributed by atoms with Gasteiger partial charge < -0.3 is 4.74 Å². The normalized spacial score (nSPS) is 16.3. The summed E-state index contributed by atoms with van der Waals surface area (Å²) in [6.07, 6.45) is 4.76. The molecule has 27 heavy (non-hydrogen) atoms. The lowest BCUT2D eigenvalue weighted by Gasteiger charge is -2.18. The van der Waals surface area contributed by atoms with Crippen LogP contribution in [0.2, 0.25) is 0 Å². The molecule has 0 aromatic heterocycles. The van der Waals surface area contributed by atoms with Crippen LogP contribution in [0.4, 0.5) is 0 Å². The number of hydrogen-bond acceptors (Lipinski definition) is 5. The molecule has 0 saturated carbocycles. The Bertz CT molecular complexity index is 733. The number of rotatable bonds is 7. The lowest BCUT2D eigenvalue weighted by molar-refractivity contribution is -0.140. The molecular formula is C21H27NO3S2. The zero-order chi connectivity index (χ0) is 20.0. The summed E-state index contributed by atoms with van der Waals surface area (Å²) >= 11 is 6.73. The second-order valence-electron chi connectivity index (χ2n) is 7.59. The number of unbranched alkanes of at least 4 members (excludes halogenated alkanes) is 2. The maximum absolute atomic E-state index is 12.6. The Balaban J connectivity index is 1.92. The molecule has 1 aromatic carbocycles. The number of hydrogen-bond donors (Lipinski definition) is 0. The molecule has 1 aliphatic rings. The summed E-state index contributed by atoms with van der Waals surface area (Å²) in [6.45, 7) is 7.13. The molecule has 1 amide bonds. The first-order valence-electron chi connectivity index (χ1n) is 9.15. The molecule has 6 heteroatoms. The molecule has 0 bridgehead atoms. The number of benzene rings is 1. The molecule has 2 rings (SSSR count). The van der Waals surface area contributed by atoms with E-state index in [9.17, 15) is 9.59 Å². The Morgan fingerprint density at radius 1 is 1.19 bits per heavy atom. The molecule has 1 aromatic rings. The van der Waals surface area contributed by atoms with Gasteiger partial charge in [0.2, 0.25) is 0 Å². The Morgan fingerprint density at radius 2 is 1.85 bits per heavy atom. The van der Waals surface area contributed by atoms with Crippen LogP contribution in [-0.4, -0.2) is 34.8 Å². The number of thioether (sulfide) groups is 1. The molecule has 0 N–H and O–H groups in total. The van der Waals surface area contributed by atoms with Crippen molar-refractivity contribution in [2.45, 2.75) is 51.9 Å². The van der Waals surface area contributed by atoms with Gasteiger partial charge in [-0.3, -0.25) is 14.5 Å². The van der Waals surface area contributed by atoms with Gasteiger partial charge >= 0.3 is 5.97 Å². The van der Waals surface area contributed by atoms with Crippen molar-refractivity contribution in [3.63, 3.8) is 0 Å². The van der Waals surface area contributed by atoms with Crippen molar-refractivity contribution in [2.24, 2.45) is 0 Å². The van der Waals surface area contributed by atoms with Crippen molar-refractivity contribution in [3.8, 4) is 0 Å². The highest BCUT2D eigenvalue weighted by Crippen LogP contribution is 2.33. The molecule has 1 aliphatic heterocycles. The van der Waals surface area contributed by atoms with E-state index in [1.54, 1.807) is 4.90 Å². The van der Waals surface area contributed by atoms with Gasteiger partial charge in [0.1, 0.15) is 4.32 Å². The minimum Gasteiger partial charge on any atom is -0.469 e. The summed E-state index contributed by atoms with van der Waals surface area (Å²) in [7, 11) is 1.39. The van der Waals surface area contributed by atoms with Crippen LogP contribution in [0.3, 0.4) is 0 Å². The van der Waals surface area contributed by atoms with Gasteiger partial charge in [0.15, 0.2) is 0 Å². The summed E-state index contributed by atoms with van der Waals surface area (Å²) in [5.41, 5.74) is 2.37. The third kappa shape index (κ3) is 6.18. The molecule has 0 spiro atoms. The van der Waals surface area contributed by atoms with Gasteiger partial charge in [-0.2, -0.15) is 0 Å². The molecule has 146 valence electrons. The van der Waals surface area contributed by atoms with E-state index < -0.39 is 0 Å². The summed E-state index contributed by atoms with van der Waals surface area (Å²) in [5, 5.41) is 0. The predicted molar refractivity (Wildman–Crippen MR) is 116 cm³/mol. The SMILES string of the molecule is COC(=O)CCCCCN1C(=O)/C(=C\c2ccc(C(C)(C)C)cc2)SC1=S. The molecule has 0 unspecified atom stereocenters. The number of carbonyl (C=O) groups excluding carboxylic acids is 2. The Kier molecular flexibility index (Phi) is 7.62. The van der Waals surface area contributed by atoms with Crippen molar-refractivity contribution in [1.82, 2.24) is 4.90 Å². The van der Waals surface area contributed by atoms with Gasteiger partial charge in [-0.15, -0.1) is 0 Å². The van der Waals surface area contributed by atoms with Gasteiger partial charge in [0, 0.05) is 13.0 Å². The number of thiocarbonyl (C=S) groups is 1. The number of ether oxygens (including phenoxy) is 1. The second-order valence-corrected chi connectivity index (χ2v) is 9.27. The molecule has 0 aliphatic carbocycles. The number of carbonyl (C=O) groups is 2. The molecule has 0 atom stereocenters. The summed E-state index contributed by atoms with van der Waals surface area (Å²) in [4.78, 5) is 26.1. The molecule has 1 heterocycles.